The molecule has 0 radical (unpaired) electrons. The van der Waals surface area contributed by atoms with E-state index in [1.165, 1.54) is 0 Å². The number of para-hydroxylation sites is 1. The second-order valence-electron chi connectivity index (χ2n) is 3.43. The van der Waals surface area contributed by atoms with Gasteiger partial charge in [0, 0.05) is 13.0 Å². The van der Waals surface area contributed by atoms with E-state index in [9.17, 15) is 0 Å². The normalized spacial score (nSPS) is 12.0. The van der Waals surface area contributed by atoms with Crippen LogP contribution in [-0.4, -0.2) is 32.0 Å². The average molecular weight is 226 g/mol. The molecule has 1 aromatic carbocycles. The second-order valence-corrected chi connectivity index (χ2v) is 3.43. The molecule has 1 rings (SSSR count). The third kappa shape index (κ3) is 3.03. The monoisotopic (exact) mass is 226 g/mol. The second kappa shape index (κ2) is 6.23. The largest absolute Gasteiger partial charge is 0.493 e. The van der Waals surface area contributed by atoms with Crippen molar-refractivity contribution in [2.24, 2.45) is 0 Å². The average Bonchev–Trinajstić information content (AvgIpc) is 2.29. The van der Waals surface area contributed by atoms with Crippen molar-refractivity contribution in [3.8, 4) is 17.2 Å². The van der Waals surface area contributed by atoms with Crippen LogP contribution in [0.5, 0.6) is 17.2 Å². The SMILES string of the molecule is COc1cccc(OC)c1OC(C)CCO. The van der Waals surface area contributed by atoms with Crippen molar-refractivity contribution in [3.05, 3.63) is 18.2 Å². The highest BCUT2D eigenvalue weighted by molar-refractivity contribution is 5.51. The first-order valence-electron chi connectivity index (χ1n) is 5.21. The molecular weight excluding hydrogens is 208 g/mol. The van der Waals surface area contributed by atoms with Gasteiger partial charge in [0.2, 0.25) is 5.75 Å². The molecule has 90 valence electrons. The molecule has 0 aliphatic rings. The fourth-order valence-corrected chi connectivity index (χ4v) is 1.38. The first kappa shape index (κ1) is 12.6. The summed E-state index contributed by atoms with van der Waals surface area (Å²) in [6, 6.07) is 5.45. The van der Waals surface area contributed by atoms with Gasteiger partial charge in [-0.2, -0.15) is 0 Å². The minimum Gasteiger partial charge on any atom is -0.493 e. The molecule has 4 heteroatoms. The van der Waals surface area contributed by atoms with Gasteiger partial charge in [0.25, 0.3) is 0 Å². The predicted octanol–water partition coefficient (Wildman–Crippen LogP) is 1.85. The minimum atomic E-state index is -0.0878. The number of methoxy groups -OCH3 is 2. The quantitative estimate of drug-likeness (QED) is 0.804. The van der Waals surface area contributed by atoms with Gasteiger partial charge >= 0.3 is 0 Å². The van der Waals surface area contributed by atoms with Gasteiger partial charge in [0.05, 0.1) is 20.3 Å². The number of aliphatic hydroxyl groups excluding tert-OH is 1. The highest BCUT2D eigenvalue weighted by atomic mass is 16.5. The van der Waals surface area contributed by atoms with Crippen molar-refractivity contribution in [3.63, 3.8) is 0 Å². The molecule has 1 N–H and O–H groups in total. The Labute approximate surface area is 95.8 Å². The topological polar surface area (TPSA) is 47.9 Å². The van der Waals surface area contributed by atoms with Crippen molar-refractivity contribution in [2.75, 3.05) is 20.8 Å². The molecule has 0 fully saturated rings. The van der Waals surface area contributed by atoms with Crippen LogP contribution in [-0.2, 0) is 0 Å². The van der Waals surface area contributed by atoms with Gasteiger partial charge in [-0.15, -0.1) is 0 Å². The summed E-state index contributed by atoms with van der Waals surface area (Å²) < 4.78 is 16.1. The molecule has 0 saturated heterocycles. The Kier molecular flexibility index (Phi) is 4.92. The summed E-state index contributed by atoms with van der Waals surface area (Å²) in [4.78, 5) is 0. The van der Waals surface area contributed by atoms with Crippen LogP contribution in [0.15, 0.2) is 18.2 Å². The van der Waals surface area contributed by atoms with Crippen LogP contribution in [0.4, 0.5) is 0 Å². The smallest absolute Gasteiger partial charge is 0.203 e. The maximum atomic E-state index is 8.83. The summed E-state index contributed by atoms with van der Waals surface area (Å²) in [5.41, 5.74) is 0. The molecule has 0 spiro atoms. The summed E-state index contributed by atoms with van der Waals surface area (Å²) in [6.07, 6.45) is 0.483. The van der Waals surface area contributed by atoms with Crippen LogP contribution < -0.4 is 14.2 Å². The van der Waals surface area contributed by atoms with E-state index in [0.717, 1.165) is 0 Å². The van der Waals surface area contributed by atoms with E-state index in [-0.39, 0.29) is 12.7 Å². The van der Waals surface area contributed by atoms with Crippen LogP contribution >= 0.6 is 0 Å². The molecule has 0 saturated carbocycles. The van der Waals surface area contributed by atoms with E-state index >= 15 is 0 Å². The highest BCUT2D eigenvalue weighted by Crippen LogP contribution is 2.37. The molecule has 0 aliphatic carbocycles. The zero-order chi connectivity index (χ0) is 12.0. The van der Waals surface area contributed by atoms with Gasteiger partial charge in [-0.25, -0.2) is 0 Å². The van der Waals surface area contributed by atoms with E-state index in [4.69, 9.17) is 19.3 Å². The number of hydrogen-bond acceptors (Lipinski definition) is 4. The van der Waals surface area contributed by atoms with Gasteiger partial charge in [0.15, 0.2) is 11.5 Å². The lowest BCUT2D eigenvalue weighted by atomic mass is 10.2. The molecule has 4 nitrogen and oxygen atoms in total. The lowest BCUT2D eigenvalue weighted by Gasteiger charge is -2.18. The van der Waals surface area contributed by atoms with Gasteiger partial charge < -0.3 is 19.3 Å². The highest BCUT2D eigenvalue weighted by Gasteiger charge is 2.14. The Morgan fingerprint density at radius 1 is 1.19 bits per heavy atom. The summed E-state index contributed by atoms with van der Waals surface area (Å²) in [5.74, 6) is 1.83. The number of rotatable bonds is 6. The Morgan fingerprint density at radius 3 is 2.19 bits per heavy atom. The van der Waals surface area contributed by atoms with Crippen LogP contribution in [0, 0.1) is 0 Å². The van der Waals surface area contributed by atoms with E-state index in [1.807, 2.05) is 25.1 Å². The summed E-state index contributed by atoms with van der Waals surface area (Å²) >= 11 is 0. The van der Waals surface area contributed by atoms with Crippen molar-refractivity contribution in [2.45, 2.75) is 19.4 Å². The lowest BCUT2D eigenvalue weighted by molar-refractivity contribution is 0.158. The van der Waals surface area contributed by atoms with Gasteiger partial charge in [0.1, 0.15) is 0 Å². The maximum absolute atomic E-state index is 8.83. The molecule has 16 heavy (non-hydrogen) atoms. The molecule has 1 aromatic rings. The van der Waals surface area contributed by atoms with Gasteiger partial charge in [-0.1, -0.05) is 6.07 Å². The van der Waals surface area contributed by atoms with E-state index in [1.54, 1.807) is 14.2 Å². The van der Waals surface area contributed by atoms with Crippen molar-refractivity contribution in [1.82, 2.24) is 0 Å². The number of aliphatic hydroxyl groups is 1. The van der Waals surface area contributed by atoms with Crippen molar-refractivity contribution >= 4 is 0 Å². The maximum Gasteiger partial charge on any atom is 0.203 e. The minimum absolute atomic E-state index is 0.0878. The van der Waals surface area contributed by atoms with Crippen molar-refractivity contribution < 1.29 is 19.3 Å². The first-order valence-corrected chi connectivity index (χ1v) is 5.21. The Hall–Kier alpha value is -1.42. The van der Waals surface area contributed by atoms with Gasteiger partial charge in [-0.3, -0.25) is 0 Å². The molecule has 1 unspecified atom stereocenters. The molecular formula is C12H18O4. The number of hydrogen-bond donors (Lipinski definition) is 1. The molecule has 0 amide bonds. The fraction of sp³-hybridized carbons (Fsp3) is 0.500. The predicted molar refractivity (Wildman–Crippen MR) is 61.3 cm³/mol. The fourth-order valence-electron chi connectivity index (χ4n) is 1.38. The third-order valence-electron chi connectivity index (χ3n) is 2.24. The number of benzene rings is 1. The Morgan fingerprint density at radius 2 is 1.75 bits per heavy atom. The Balaban J connectivity index is 2.90. The summed E-state index contributed by atoms with van der Waals surface area (Å²) in [6.45, 7) is 1.99. The first-order chi connectivity index (χ1) is 7.72. The molecule has 1 atom stereocenters. The van der Waals surface area contributed by atoms with E-state index in [0.29, 0.717) is 23.7 Å². The van der Waals surface area contributed by atoms with Crippen LogP contribution in [0.3, 0.4) is 0 Å². The van der Waals surface area contributed by atoms with Crippen LogP contribution in [0.25, 0.3) is 0 Å². The molecule has 0 bridgehead atoms. The summed E-state index contributed by atoms with van der Waals surface area (Å²) in [7, 11) is 3.16. The Bertz CT molecular complexity index is 303. The van der Waals surface area contributed by atoms with Crippen LogP contribution in [0.1, 0.15) is 13.3 Å². The zero-order valence-corrected chi connectivity index (χ0v) is 9.90. The van der Waals surface area contributed by atoms with Gasteiger partial charge in [-0.05, 0) is 19.1 Å². The van der Waals surface area contributed by atoms with Crippen molar-refractivity contribution in [1.29, 1.82) is 0 Å². The van der Waals surface area contributed by atoms with E-state index < -0.39 is 0 Å². The third-order valence-corrected chi connectivity index (χ3v) is 2.24. The lowest BCUT2D eigenvalue weighted by Crippen LogP contribution is -2.14. The van der Waals surface area contributed by atoms with Crippen LogP contribution in [0.2, 0.25) is 0 Å². The molecule has 0 aliphatic heterocycles. The zero-order valence-electron chi connectivity index (χ0n) is 9.90. The number of ether oxygens (including phenoxy) is 3. The summed E-state index contributed by atoms with van der Waals surface area (Å²) in [5, 5.41) is 8.83. The van der Waals surface area contributed by atoms with E-state index in [2.05, 4.69) is 0 Å². The molecule has 0 aromatic heterocycles. The standard InChI is InChI=1S/C12H18O4/c1-9(7-8-13)16-12-10(14-2)5-4-6-11(12)15-3/h4-6,9,13H,7-8H2,1-3H3. The molecule has 0 heterocycles.